The van der Waals surface area contributed by atoms with Crippen LogP contribution in [0.3, 0.4) is 0 Å². The molecule has 0 saturated heterocycles. The first-order chi connectivity index (χ1) is 14.3. The van der Waals surface area contributed by atoms with Crippen LogP contribution < -0.4 is 0 Å². The number of carboxylic acid groups (broad SMARTS) is 1. The van der Waals surface area contributed by atoms with Crippen molar-refractivity contribution in [3.05, 3.63) is 89.5 Å². The summed E-state index contributed by atoms with van der Waals surface area (Å²) in [5.41, 5.74) is 4.92. The van der Waals surface area contributed by atoms with Gasteiger partial charge in [-0.05, 0) is 54.2 Å². The molecule has 0 unspecified atom stereocenters. The fourth-order valence-electron chi connectivity index (χ4n) is 3.16. The van der Waals surface area contributed by atoms with Gasteiger partial charge in [-0.3, -0.25) is 8.98 Å². The van der Waals surface area contributed by atoms with E-state index in [9.17, 15) is 13.2 Å². The highest BCUT2D eigenvalue weighted by Crippen LogP contribution is 2.25. The van der Waals surface area contributed by atoms with Crippen LogP contribution >= 0.6 is 0 Å². The van der Waals surface area contributed by atoms with E-state index in [1.165, 1.54) is 0 Å². The maximum Gasteiger partial charge on any atom is 0.303 e. The van der Waals surface area contributed by atoms with Gasteiger partial charge in [0.15, 0.2) is 0 Å². The van der Waals surface area contributed by atoms with Crippen LogP contribution in [0.15, 0.2) is 77.7 Å². The van der Waals surface area contributed by atoms with Crippen LogP contribution in [0.4, 0.5) is 0 Å². The summed E-state index contributed by atoms with van der Waals surface area (Å²) in [4.78, 5) is 10.9. The van der Waals surface area contributed by atoms with Crippen molar-refractivity contribution in [2.24, 2.45) is 0 Å². The van der Waals surface area contributed by atoms with E-state index in [1.807, 2.05) is 55.5 Å². The molecule has 3 aromatic rings. The summed E-state index contributed by atoms with van der Waals surface area (Å²) in [5, 5.41) is 8.81. The lowest BCUT2D eigenvalue weighted by molar-refractivity contribution is -0.136. The van der Waals surface area contributed by atoms with Crippen molar-refractivity contribution in [2.75, 3.05) is 6.61 Å². The first kappa shape index (κ1) is 21.7. The number of hydrogen-bond donors (Lipinski definition) is 1. The number of aliphatic carboxylic acids is 1. The Labute approximate surface area is 177 Å². The van der Waals surface area contributed by atoms with E-state index in [0.717, 1.165) is 27.8 Å². The molecule has 6 heteroatoms. The smallest absolute Gasteiger partial charge is 0.303 e. The molecule has 0 bridgehead atoms. The summed E-state index contributed by atoms with van der Waals surface area (Å²) in [6, 6.07) is 22.1. The lowest BCUT2D eigenvalue weighted by Gasteiger charge is -2.11. The van der Waals surface area contributed by atoms with Crippen LogP contribution in [0.5, 0.6) is 0 Å². The Morgan fingerprint density at radius 2 is 1.57 bits per heavy atom. The molecule has 156 valence electrons. The summed E-state index contributed by atoms with van der Waals surface area (Å²) in [6.07, 6.45) is 1.03. The van der Waals surface area contributed by atoms with E-state index in [0.29, 0.717) is 12.8 Å². The third-order valence-electron chi connectivity index (χ3n) is 4.83. The molecule has 30 heavy (non-hydrogen) atoms. The summed E-state index contributed by atoms with van der Waals surface area (Å²) in [5.74, 6) is -0.815. The molecule has 0 atom stereocenters. The van der Waals surface area contributed by atoms with Crippen LogP contribution in [-0.2, 0) is 31.9 Å². The van der Waals surface area contributed by atoms with Crippen molar-refractivity contribution in [3.63, 3.8) is 0 Å². The molecule has 0 radical (unpaired) electrons. The first-order valence-electron chi connectivity index (χ1n) is 9.70. The molecule has 0 aliphatic rings. The molecule has 0 aliphatic carbocycles. The van der Waals surface area contributed by atoms with Gasteiger partial charge in [-0.1, -0.05) is 66.2 Å². The normalized spacial score (nSPS) is 11.4. The number of hydrogen-bond acceptors (Lipinski definition) is 4. The lowest BCUT2D eigenvalue weighted by atomic mass is 9.96. The van der Waals surface area contributed by atoms with Crippen LogP contribution in [0, 0.1) is 6.92 Å². The van der Waals surface area contributed by atoms with Gasteiger partial charge >= 0.3 is 5.97 Å². The zero-order valence-electron chi connectivity index (χ0n) is 16.7. The predicted molar refractivity (Wildman–Crippen MR) is 116 cm³/mol. The van der Waals surface area contributed by atoms with Crippen LogP contribution in [0.2, 0.25) is 0 Å². The molecular formula is C24H24O5S. The topological polar surface area (TPSA) is 80.7 Å². The second kappa shape index (κ2) is 9.69. The quantitative estimate of drug-likeness (QED) is 0.507. The predicted octanol–water partition coefficient (Wildman–Crippen LogP) is 4.63. The minimum atomic E-state index is -3.79. The summed E-state index contributed by atoms with van der Waals surface area (Å²) >= 11 is 0. The minimum absolute atomic E-state index is 0.0456. The van der Waals surface area contributed by atoms with Crippen molar-refractivity contribution < 1.29 is 22.5 Å². The highest BCUT2D eigenvalue weighted by molar-refractivity contribution is 7.86. The molecule has 0 saturated carbocycles. The second-order valence-electron chi connectivity index (χ2n) is 7.09. The van der Waals surface area contributed by atoms with E-state index in [2.05, 4.69) is 0 Å². The van der Waals surface area contributed by atoms with Gasteiger partial charge in [-0.25, -0.2) is 0 Å². The summed E-state index contributed by atoms with van der Waals surface area (Å²) in [6.45, 7) is 1.94. The molecule has 0 heterocycles. The number of rotatable bonds is 9. The minimum Gasteiger partial charge on any atom is -0.481 e. The van der Waals surface area contributed by atoms with E-state index < -0.39 is 16.1 Å². The number of carbonyl (C=O) groups is 1. The molecular weight excluding hydrogens is 400 g/mol. The van der Waals surface area contributed by atoms with Gasteiger partial charge in [0.2, 0.25) is 0 Å². The average molecular weight is 425 g/mol. The standard InChI is InChI=1S/C24H24O5S/c1-18-6-13-22(14-7-18)30(27,28)29-17-16-20-4-2-3-5-23(20)21-11-8-19(9-12-21)10-15-24(25)26/h2-9,11-14H,10,15-17H2,1H3,(H,25,26). The van der Waals surface area contributed by atoms with Gasteiger partial charge in [0.25, 0.3) is 10.1 Å². The Kier molecular flexibility index (Phi) is 7.03. The summed E-state index contributed by atoms with van der Waals surface area (Å²) in [7, 11) is -3.79. The van der Waals surface area contributed by atoms with Crippen molar-refractivity contribution >= 4 is 16.1 Å². The van der Waals surface area contributed by atoms with Gasteiger partial charge in [0.05, 0.1) is 11.5 Å². The monoisotopic (exact) mass is 424 g/mol. The Bertz CT molecular complexity index is 1100. The van der Waals surface area contributed by atoms with Crippen LogP contribution in [0.25, 0.3) is 11.1 Å². The average Bonchev–Trinajstić information content (AvgIpc) is 2.73. The molecule has 0 amide bonds. The highest BCUT2D eigenvalue weighted by atomic mass is 32.2. The maximum atomic E-state index is 12.4. The number of benzene rings is 3. The van der Waals surface area contributed by atoms with Crippen LogP contribution in [-0.4, -0.2) is 26.1 Å². The molecule has 3 rings (SSSR count). The second-order valence-corrected chi connectivity index (χ2v) is 8.70. The Hall–Kier alpha value is -2.96. The Morgan fingerprint density at radius 3 is 2.23 bits per heavy atom. The van der Waals surface area contributed by atoms with Gasteiger partial charge in [-0.2, -0.15) is 8.42 Å². The summed E-state index contributed by atoms with van der Waals surface area (Å²) < 4.78 is 30.0. The number of carboxylic acids is 1. The van der Waals surface area contributed by atoms with Crippen molar-refractivity contribution in [1.29, 1.82) is 0 Å². The third-order valence-corrected chi connectivity index (χ3v) is 6.16. The SMILES string of the molecule is Cc1ccc(S(=O)(=O)OCCc2ccccc2-c2ccc(CCC(=O)O)cc2)cc1. The van der Waals surface area contributed by atoms with E-state index >= 15 is 0 Å². The van der Waals surface area contributed by atoms with Crippen molar-refractivity contribution in [1.82, 2.24) is 0 Å². The Balaban J connectivity index is 1.68. The molecule has 0 spiro atoms. The fraction of sp³-hybridized carbons (Fsp3) is 0.208. The van der Waals surface area contributed by atoms with Crippen LogP contribution in [0.1, 0.15) is 23.1 Å². The number of aryl methyl sites for hydroxylation is 2. The first-order valence-corrected chi connectivity index (χ1v) is 11.1. The molecule has 5 nitrogen and oxygen atoms in total. The Morgan fingerprint density at radius 1 is 0.900 bits per heavy atom. The van der Waals surface area contributed by atoms with Crippen molar-refractivity contribution in [2.45, 2.75) is 31.1 Å². The molecule has 0 aliphatic heterocycles. The molecule has 0 fully saturated rings. The van der Waals surface area contributed by atoms with Gasteiger partial charge < -0.3 is 5.11 Å². The van der Waals surface area contributed by atoms with Crippen molar-refractivity contribution in [3.8, 4) is 11.1 Å². The van der Waals surface area contributed by atoms with E-state index in [4.69, 9.17) is 9.29 Å². The zero-order chi connectivity index (χ0) is 21.6. The highest BCUT2D eigenvalue weighted by Gasteiger charge is 2.15. The van der Waals surface area contributed by atoms with Gasteiger partial charge in [-0.15, -0.1) is 0 Å². The fourth-order valence-corrected chi connectivity index (χ4v) is 4.06. The van der Waals surface area contributed by atoms with Gasteiger partial charge in [0.1, 0.15) is 0 Å². The molecule has 1 N–H and O–H groups in total. The third kappa shape index (κ3) is 5.78. The lowest BCUT2D eigenvalue weighted by Crippen LogP contribution is -2.09. The van der Waals surface area contributed by atoms with Gasteiger partial charge in [0, 0.05) is 6.42 Å². The molecule has 3 aromatic carbocycles. The zero-order valence-corrected chi connectivity index (χ0v) is 17.6. The maximum absolute atomic E-state index is 12.4. The largest absolute Gasteiger partial charge is 0.481 e. The van der Waals surface area contributed by atoms with E-state index in [-0.39, 0.29) is 17.9 Å². The van der Waals surface area contributed by atoms with E-state index in [1.54, 1.807) is 24.3 Å². The molecule has 0 aromatic heterocycles.